The monoisotopic (exact) mass is 382 g/mol. The van der Waals surface area contributed by atoms with Crippen LogP contribution in [-0.4, -0.2) is 8.42 Å². The Balaban J connectivity index is 2.27. The van der Waals surface area contributed by atoms with Crippen molar-refractivity contribution in [3.63, 3.8) is 0 Å². The van der Waals surface area contributed by atoms with Gasteiger partial charge in [0.25, 0.3) is 0 Å². The van der Waals surface area contributed by atoms with Crippen molar-refractivity contribution in [2.24, 2.45) is 0 Å². The van der Waals surface area contributed by atoms with E-state index in [2.05, 4.69) is 20.7 Å². The summed E-state index contributed by atoms with van der Waals surface area (Å²) in [4.78, 5) is 0.0631. The van der Waals surface area contributed by atoms with E-state index in [1.54, 1.807) is 11.4 Å². The van der Waals surface area contributed by atoms with E-state index in [4.69, 9.17) is 5.73 Å². The molecule has 0 aliphatic heterocycles. The maximum atomic E-state index is 13.5. The Bertz CT molecular complexity index is 747. The standard InChI is InChI=1S/C11H9BrF2N2O2S2/c12-6-1-2-19-10(6)5-16-20(17,18)11-4-9(15)7(13)3-8(11)14/h1-4,16H,5,15H2. The number of hydrogen-bond donors (Lipinski definition) is 2. The zero-order valence-electron chi connectivity index (χ0n) is 9.86. The van der Waals surface area contributed by atoms with Crippen molar-refractivity contribution in [2.75, 3.05) is 5.73 Å². The molecule has 0 radical (unpaired) electrons. The van der Waals surface area contributed by atoms with Gasteiger partial charge in [-0.1, -0.05) is 0 Å². The summed E-state index contributed by atoms with van der Waals surface area (Å²) in [6.07, 6.45) is 0. The Labute approximate surface area is 126 Å². The fraction of sp³-hybridized carbons (Fsp3) is 0.0909. The first kappa shape index (κ1) is 15.4. The Morgan fingerprint density at radius 1 is 1.30 bits per heavy atom. The van der Waals surface area contributed by atoms with E-state index in [1.807, 2.05) is 0 Å². The predicted molar refractivity (Wildman–Crippen MR) is 76.8 cm³/mol. The molecule has 0 amide bonds. The van der Waals surface area contributed by atoms with Crippen LogP contribution in [0.2, 0.25) is 0 Å². The summed E-state index contributed by atoms with van der Waals surface area (Å²) in [7, 11) is -4.11. The molecular weight excluding hydrogens is 374 g/mol. The molecule has 9 heteroatoms. The minimum atomic E-state index is -4.11. The fourth-order valence-electron chi connectivity index (χ4n) is 1.44. The van der Waals surface area contributed by atoms with Gasteiger partial charge in [-0.25, -0.2) is 21.9 Å². The third kappa shape index (κ3) is 3.17. The molecule has 3 N–H and O–H groups in total. The number of anilines is 1. The van der Waals surface area contributed by atoms with E-state index >= 15 is 0 Å². The molecule has 20 heavy (non-hydrogen) atoms. The first-order valence-electron chi connectivity index (χ1n) is 5.27. The van der Waals surface area contributed by atoms with Gasteiger partial charge in [0.05, 0.1) is 5.69 Å². The molecule has 0 fully saturated rings. The summed E-state index contributed by atoms with van der Waals surface area (Å²) in [5, 5.41) is 1.78. The van der Waals surface area contributed by atoms with Crippen LogP contribution in [0.5, 0.6) is 0 Å². The largest absolute Gasteiger partial charge is 0.396 e. The summed E-state index contributed by atoms with van der Waals surface area (Å²) >= 11 is 4.60. The van der Waals surface area contributed by atoms with Crippen LogP contribution >= 0.6 is 27.3 Å². The van der Waals surface area contributed by atoms with Crippen LogP contribution in [0.1, 0.15) is 4.88 Å². The number of thiophene rings is 1. The molecule has 0 saturated carbocycles. The average Bonchev–Trinajstić information content (AvgIpc) is 2.77. The lowest BCUT2D eigenvalue weighted by molar-refractivity contribution is 0.544. The number of hydrogen-bond acceptors (Lipinski definition) is 4. The van der Waals surface area contributed by atoms with Crippen LogP contribution in [0, 0.1) is 11.6 Å². The molecule has 0 spiro atoms. The van der Waals surface area contributed by atoms with Gasteiger partial charge in [-0.15, -0.1) is 11.3 Å². The van der Waals surface area contributed by atoms with Gasteiger partial charge >= 0.3 is 0 Å². The zero-order chi connectivity index (χ0) is 14.9. The molecule has 1 heterocycles. The quantitative estimate of drug-likeness (QED) is 0.798. The molecule has 2 aromatic rings. The van der Waals surface area contributed by atoms with Crippen molar-refractivity contribution >= 4 is 43.0 Å². The second-order valence-electron chi connectivity index (χ2n) is 3.82. The number of nitrogen functional groups attached to an aromatic ring is 1. The first-order chi connectivity index (χ1) is 9.31. The third-order valence-corrected chi connectivity index (χ3v) is 5.80. The number of rotatable bonds is 4. The van der Waals surface area contributed by atoms with Gasteiger partial charge < -0.3 is 5.73 Å². The van der Waals surface area contributed by atoms with E-state index in [0.29, 0.717) is 6.07 Å². The highest BCUT2D eigenvalue weighted by Gasteiger charge is 2.21. The predicted octanol–water partition coefficient (Wildman–Crippen LogP) is 2.85. The van der Waals surface area contributed by atoms with Crippen LogP contribution in [-0.2, 0) is 16.6 Å². The first-order valence-corrected chi connectivity index (χ1v) is 8.43. The molecular formula is C11H9BrF2N2O2S2. The lowest BCUT2D eigenvalue weighted by Gasteiger charge is -2.08. The number of sulfonamides is 1. The Kier molecular flexibility index (Phi) is 4.43. The van der Waals surface area contributed by atoms with E-state index in [-0.39, 0.29) is 6.54 Å². The maximum Gasteiger partial charge on any atom is 0.243 e. The number of benzene rings is 1. The molecule has 0 saturated heterocycles. The molecule has 1 aromatic heterocycles. The van der Waals surface area contributed by atoms with Crippen molar-refractivity contribution in [1.82, 2.24) is 4.72 Å². The highest BCUT2D eigenvalue weighted by molar-refractivity contribution is 9.10. The van der Waals surface area contributed by atoms with Gasteiger partial charge in [-0.3, -0.25) is 0 Å². The number of halogens is 3. The third-order valence-electron chi connectivity index (χ3n) is 2.45. The SMILES string of the molecule is Nc1cc(S(=O)(=O)NCc2sccc2Br)c(F)cc1F. The van der Waals surface area contributed by atoms with Gasteiger partial charge in [0.2, 0.25) is 10.0 Å². The lowest BCUT2D eigenvalue weighted by Crippen LogP contribution is -2.24. The molecule has 0 aliphatic carbocycles. The molecule has 108 valence electrons. The van der Waals surface area contributed by atoms with Gasteiger partial charge in [-0.05, 0) is 33.4 Å². The minimum Gasteiger partial charge on any atom is -0.396 e. The van der Waals surface area contributed by atoms with Crippen molar-refractivity contribution in [1.29, 1.82) is 0 Å². The van der Waals surface area contributed by atoms with Crippen LogP contribution in [0.25, 0.3) is 0 Å². The smallest absolute Gasteiger partial charge is 0.243 e. The minimum absolute atomic E-state index is 0.00267. The van der Waals surface area contributed by atoms with E-state index in [0.717, 1.165) is 15.4 Å². The summed E-state index contributed by atoms with van der Waals surface area (Å²) in [6, 6.07) is 2.98. The normalized spacial score (nSPS) is 11.8. The second-order valence-corrected chi connectivity index (χ2v) is 7.41. The topological polar surface area (TPSA) is 72.2 Å². The van der Waals surface area contributed by atoms with Crippen molar-refractivity contribution in [2.45, 2.75) is 11.4 Å². The van der Waals surface area contributed by atoms with Crippen LogP contribution in [0.15, 0.2) is 32.9 Å². The van der Waals surface area contributed by atoms with Gasteiger partial charge in [0.15, 0.2) is 0 Å². The van der Waals surface area contributed by atoms with Crippen LogP contribution in [0.4, 0.5) is 14.5 Å². The average molecular weight is 383 g/mol. The molecule has 4 nitrogen and oxygen atoms in total. The summed E-state index contributed by atoms with van der Waals surface area (Å²) in [5.41, 5.74) is 4.83. The summed E-state index contributed by atoms with van der Waals surface area (Å²) in [5.74, 6) is -2.18. The highest BCUT2D eigenvalue weighted by Crippen LogP contribution is 2.24. The summed E-state index contributed by atoms with van der Waals surface area (Å²) < 4.78 is 53.5. The Morgan fingerprint density at radius 3 is 2.60 bits per heavy atom. The maximum absolute atomic E-state index is 13.5. The van der Waals surface area contributed by atoms with Crippen molar-refractivity contribution in [3.05, 3.63) is 44.6 Å². The molecule has 0 atom stereocenters. The zero-order valence-corrected chi connectivity index (χ0v) is 13.1. The van der Waals surface area contributed by atoms with E-state index < -0.39 is 32.2 Å². The van der Waals surface area contributed by atoms with Crippen LogP contribution < -0.4 is 10.5 Å². The van der Waals surface area contributed by atoms with Gasteiger partial charge in [0, 0.05) is 22.0 Å². The second kappa shape index (κ2) is 5.76. The molecule has 0 aliphatic rings. The summed E-state index contributed by atoms with van der Waals surface area (Å²) in [6.45, 7) is -0.00267. The van der Waals surface area contributed by atoms with Crippen molar-refractivity contribution in [3.8, 4) is 0 Å². The van der Waals surface area contributed by atoms with E-state index in [9.17, 15) is 17.2 Å². The van der Waals surface area contributed by atoms with Gasteiger partial charge in [0.1, 0.15) is 16.5 Å². The van der Waals surface area contributed by atoms with Crippen molar-refractivity contribution < 1.29 is 17.2 Å². The molecule has 0 unspecified atom stereocenters. The molecule has 0 bridgehead atoms. The van der Waals surface area contributed by atoms with Gasteiger partial charge in [-0.2, -0.15) is 0 Å². The van der Waals surface area contributed by atoms with E-state index in [1.165, 1.54) is 11.3 Å². The molecule has 1 aromatic carbocycles. The molecule has 2 rings (SSSR count). The lowest BCUT2D eigenvalue weighted by atomic mass is 10.3. The number of nitrogens with one attached hydrogen (secondary N) is 1. The van der Waals surface area contributed by atoms with Crippen LogP contribution in [0.3, 0.4) is 0 Å². The fourth-order valence-corrected chi connectivity index (χ4v) is 4.05. The Hall–Kier alpha value is -1.03. The highest BCUT2D eigenvalue weighted by atomic mass is 79.9. The number of nitrogens with two attached hydrogens (primary N) is 1. The Morgan fingerprint density at radius 2 is 2.00 bits per heavy atom.